The van der Waals surface area contributed by atoms with Crippen molar-refractivity contribution in [3.05, 3.63) is 201 Å². The van der Waals surface area contributed by atoms with Gasteiger partial charge >= 0.3 is 35.1 Å². The summed E-state index contributed by atoms with van der Waals surface area (Å²) in [6, 6.07) is 39.0. The first kappa shape index (κ1) is 61.6. The standard InChI is InChI=1S/C78H68N2O14S2/c81-67-53-29-47-25-13-14-26-48(47)30-54(53)68(82)65(67)79-63-37-61-71(95-63)57-33-52-36-60-58(34-51(52)35-59(57)77(93-61,73(85)89-39-43-17-5-1-6-18-43)74(86)90-40-44-19-7-2-8-20-44)72-62(38-64(96-72)80-66-69(83)55-31-49-27-15-16-28-50(49)32-56(55)70(66)84)94-78(60,75(87)91-41-45-21-9-3-10-22-45)76(88)92-42-46-23-11-4-12-24-46/h1-12,17-24,33-38,47-56H,13-16,25-32,39-42H2. The summed E-state index contributed by atoms with van der Waals surface area (Å²) in [5.41, 5.74) is -2.34. The molecule has 2 aromatic heterocycles. The Labute approximate surface area is 562 Å². The van der Waals surface area contributed by atoms with Gasteiger partial charge in [-0.1, -0.05) is 197 Å². The zero-order valence-electron chi connectivity index (χ0n) is 52.5. The Morgan fingerprint density at radius 2 is 0.688 bits per heavy atom. The van der Waals surface area contributed by atoms with Crippen molar-refractivity contribution in [2.75, 3.05) is 0 Å². The highest BCUT2D eigenvalue weighted by Gasteiger charge is 2.64. The number of esters is 4. The number of hydrogen-bond donors (Lipinski definition) is 0. The Bertz CT molecular complexity index is 3950. The molecule has 0 N–H and O–H groups in total. The first-order valence-corrected chi connectivity index (χ1v) is 35.2. The summed E-state index contributed by atoms with van der Waals surface area (Å²) < 4.78 is 38.6. The van der Waals surface area contributed by atoms with Crippen molar-refractivity contribution in [3.8, 4) is 11.5 Å². The van der Waals surface area contributed by atoms with Crippen LogP contribution in [-0.4, -0.2) is 69.6 Å². The summed E-state index contributed by atoms with van der Waals surface area (Å²) in [6.07, 6.45) is 18.2. The van der Waals surface area contributed by atoms with Gasteiger partial charge in [0.1, 0.15) is 47.9 Å². The maximum Gasteiger partial charge on any atom is 0.367 e. The van der Waals surface area contributed by atoms with Gasteiger partial charge in [0.25, 0.3) is 0 Å². The van der Waals surface area contributed by atoms with E-state index in [-0.39, 0.29) is 93.6 Å². The number of thiophene rings is 2. The van der Waals surface area contributed by atoms with Gasteiger partial charge in [0.15, 0.2) is 34.6 Å². The Balaban J connectivity index is 0.851. The van der Waals surface area contributed by atoms with Crippen LogP contribution in [0.25, 0.3) is 11.1 Å². The van der Waals surface area contributed by atoms with E-state index in [2.05, 4.69) is 0 Å². The molecule has 4 aromatic carbocycles. The maximum absolute atomic E-state index is 15.7. The quantitative estimate of drug-likeness (QED) is 0.0563. The van der Waals surface area contributed by atoms with Crippen LogP contribution in [0.1, 0.15) is 109 Å². The molecule has 10 aliphatic rings. The van der Waals surface area contributed by atoms with Crippen LogP contribution in [0.15, 0.2) is 179 Å². The molecule has 96 heavy (non-hydrogen) atoms. The minimum atomic E-state index is -2.67. The molecule has 2 aliphatic heterocycles. The topological polar surface area (TPSA) is 217 Å². The third-order valence-corrected chi connectivity index (χ3v) is 23.7. The normalized spacial score (nSPS) is 26.8. The number of carbonyl (C=O) groups is 8. The van der Waals surface area contributed by atoms with Crippen molar-refractivity contribution in [1.29, 1.82) is 0 Å². The summed E-state index contributed by atoms with van der Waals surface area (Å²) in [5, 5.41) is 0.435. The van der Waals surface area contributed by atoms with Crippen LogP contribution in [0.5, 0.6) is 11.5 Å². The van der Waals surface area contributed by atoms with Gasteiger partial charge < -0.3 is 28.4 Å². The summed E-state index contributed by atoms with van der Waals surface area (Å²) in [5.74, 6) is -7.41. The van der Waals surface area contributed by atoms with E-state index in [1.165, 1.54) is 12.1 Å². The number of nitrogens with zero attached hydrogens (tertiary/aromatic N) is 2. The SMILES string of the molecule is O=C1C(=Nc2cc3c(s2)C2=CC4C=C5C(=CC4C=C2C(C(=O)OCc2ccccc2)(C(=O)OCc2ccccc2)O3)c2sc(N=C3C(=O)C4CC6CCCCC6CC4C3=O)cc2OC5(C(=O)OCc2ccccc2)C(=O)OCc2ccccc2)C(=O)C2CC3CCCCC3CC12. The van der Waals surface area contributed by atoms with Crippen molar-refractivity contribution in [2.24, 2.45) is 69.2 Å². The predicted octanol–water partition coefficient (Wildman–Crippen LogP) is 13.7. The molecule has 18 heteroatoms. The summed E-state index contributed by atoms with van der Waals surface area (Å²) in [4.78, 5) is 131. The fourth-order valence-corrected chi connectivity index (χ4v) is 18.9. The molecule has 486 valence electrons. The Kier molecular flexibility index (Phi) is 16.1. The molecule has 0 saturated heterocycles. The van der Waals surface area contributed by atoms with Crippen LogP contribution in [0.4, 0.5) is 10.0 Å². The van der Waals surface area contributed by atoms with Crippen LogP contribution < -0.4 is 9.47 Å². The summed E-state index contributed by atoms with van der Waals surface area (Å²) >= 11 is 2.22. The minimum Gasteiger partial charge on any atom is -0.458 e. The van der Waals surface area contributed by atoms with Gasteiger partial charge in [-0.25, -0.2) is 29.2 Å². The lowest BCUT2D eigenvalue weighted by molar-refractivity contribution is -0.179. The number of aliphatic imine (C=N–C) groups is 2. The number of carbonyl (C=O) groups excluding carboxylic acids is 8. The monoisotopic (exact) mass is 1320 g/mol. The predicted molar refractivity (Wildman–Crippen MR) is 357 cm³/mol. The van der Waals surface area contributed by atoms with E-state index < -0.39 is 70.6 Å². The van der Waals surface area contributed by atoms with Gasteiger partial charge in [0.05, 0.1) is 9.75 Å². The zero-order valence-corrected chi connectivity index (χ0v) is 54.2. The van der Waals surface area contributed by atoms with E-state index in [1.807, 2.05) is 36.4 Å². The number of ketones is 4. The van der Waals surface area contributed by atoms with Crippen LogP contribution in [0.3, 0.4) is 0 Å². The molecule has 6 saturated carbocycles. The molecule has 8 aliphatic carbocycles. The second-order valence-electron chi connectivity index (χ2n) is 27.2. The molecule has 16 nitrogen and oxygen atoms in total. The van der Waals surface area contributed by atoms with E-state index in [4.69, 9.17) is 38.4 Å². The number of ether oxygens (including phenoxy) is 6. The molecule has 10 unspecified atom stereocenters. The number of hydrogen-bond acceptors (Lipinski definition) is 18. The van der Waals surface area contributed by atoms with Crippen molar-refractivity contribution in [3.63, 3.8) is 0 Å². The number of Topliss-reactive ketones (excluding diaryl/α,β-unsaturated/α-hetero) is 4. The van der Waals surface area contributed by atoms with E-state index in [1.54, 1.807) is 109 Å². The third-order valence-electron chi connectivity index (χ3n) is 21.7. The van der Waals surface area contributed by atoms with Crippen molar-refractivity contribution >= 4 is 102 Å². The Morgan fingerprint density at radius 1 is 0.406 bits per heavy atom. The third kappa shape index (κ3) is 10.8. The largest absolute Gasteiger partial charge is 0.458 e. The van der Waals surface area contributed by atoms with Gasteiger partial charge in [-0.2, -0.15) is 0 Å². The highest BCUT2D eigenvalue weighted by Crippen LogP contribution is 2.60. The highest BCUT2D eigenvalue weighted by atomic mass is 32.1. The van der Waals surface area contributed by atoms with Crippen LogP contribution >= 0.6 is 22.7 Å². The maximum atomic E-state index is 15.7. The number of benzene rings is 4. The summed E-state index contributed by atoms with van der Waals surface area (Å²) in [7, 11) is 0. The van der Waals surface area contributed by atoms with Gasteiger partial charge in [0, 0.05) is 69.9 Å². The molecule has 6 aromatic rings. The first-order chi connectivity index (χ1) is 46.8. The molecular weight excluding hydrogens is 1250 g/mol. The highest BCUT2D eigenvalue weighted by molar-refractivity contribution is 7.18. The van der Waals surface area contributed by atoms with Crippen LogP contribution in [-0.2, 0) is 83.7 Å². The molecular formula is C78H68N2O14S2. The number of fused-ring (bicyclic) bond motifs is 11. The van der Waals surface area contributed by atoms with E-state index in [9.17, 15) is 19.2 Å². The van der Waals surface area contributed by atoms with Crippen LogP contribution in [0, 0.1) is 59.2 Å². The van der Waals surface area contributed by atoms with Gasteiger partial charge in [-0.3, -0.25) is 19.2 Å². The number of allylic oxidation sites excluding steroid dienone is 4. The van der Waals surface area contributed by atoms with Gasteiger partial charge in [-0.15, -0.1) is 22.7 Å². The average molecular weight is 1320 g/mol. The molecule has 10 atom stereocenters. The lowest BCUT2D eigenvalue weighted by atomic mass is 9.64. The van der Waals surface area contributed by atoms with E-state index in [0.29, 0.717) is 92.5 Å². The van der Waals surface area contributed by atoms with Crippen molar-refractivity contribution in [1.82, 2.24) is 0 Å². The van der Waals surface area contributed by atoms with Crippen LogP contribution in [0.2, 0.25) is 0 Å². The van der Waals surface area contributed by atoms with E-state index in [0.717, 1.165) is 74.0 Å². The van der Waals surface area contributed by atoms with Crippen molar-refractivity contribution in [2.45, 2.75) is 115 Å². The Hall–Kier alpha value is -9.26. The molecule has 0 radical (unpaired) electrons. The second-order valence-corrected chi connectivity index (χ2v) is 29.3. The van der Waals surface area contributed by atoms with E-state index >= 15 is 19.2 Å². The minimum absolute atomic E-state index is 0.0223. The summed E-state index contributed by atoms with van der Waals surface area (Å²) in [6.45, 7) is -1.04. The molecule has 0 amide bonds. The molecule has 0 bridgehead atoms. The number of rotatable bonds is 14. The van der Waals surface area contributed by atoms with Gasteiger partial charge in [-0.05, 0) is 71.6 Å². The van der Waals surface area contributed by atoms with Crippen molar-refractivity contribution < 1.29 is 66.8 Å². The smallest absolute Gasteiger partial charge is 0.367 e. The molecule has 0 spiro atoms. The molecule has 6 fully saturated rings. The lowest BCUT2D eigenvalue weighted by Gasteiger charge is -2.42. The zero-order chi connectivity index (χ0) is 65.4. The fourth-order valence-electron chi connectivity index (χ4n) is 16.9. The van der Waals surface area contributed by atoms with Gasteiger partial charge in [0.2, 0.25) is 0 Å². The molecule has 4 heterocycles. The lowest BCUT2D eigenvalue weighted by Crippen LogP contribution is -2.58. The fraction of sp³-hybridized carbons (Fsp3) is 0.359. The average Bonchev–Trinajstić information content (AvgIpc) is 1.00. The second kappa shape index (κ2) is 25.1. The molecule has 16 rings (SSSR count). The first-order valence-electron chi connectivity index (χ1n) is 33.6. The Morgan fingerprint density at radius 3 is 0.969 bits per heavy atom.